The standard InChI is InChI=1S/C12H11F4N/c13-10-8(11-4-7(11)5-17-6-11)2-1-3-9(10)12(14,15)16/h1-3,7,17H,4-6H2/t7-,11-/m1/s1. The molecule has 1 aromatic carbocycles. The molecule has 1 heterocycles. The summed E-state index contributed by atoms with van der Waals surface area (Å²) < 4.78 is 51.7. The van der Waals surface area contributed by atoms with E-state index >= 15 is 0 Å². The summed E-state index contributed by atoms with van der Waals surface area (Å²) in [5, 5.41) is 3.10. The van der Waals surface area contributed by atoms with Gasteiger partial charge in [-0.3, -0.25) is 0 Å². The van der Waals surface area contributed by atoms with E-state index in [-0.39, 0.29) is 11.0 Å². The van der Waals surface area contributed by atoms with Crippen molar-refractivity contribution >= 4 is 0 Å². The fraction of sp³-hybridized carbons (Fsp3) is 0.500. The number of alkyl halides is 3. The Morgan fingerprint density at radius 2 is 2.06 bits per heavy atom. The summed E-state index contributed by atoms with van der Waals surface area (Å²) in [6.45, 7) is 1.35. The van der Waals surface area contributed by atoms with Gasteiger partial charge in [-0.1, -0.05) is 12.1 Å². The summed E-state index contributed by atoms with van der Waals surface area (Å²) in [5.41, 5.74) is -1.31. The maximum atomic E-state index is 13.9. The van der Waals surface area contributed by atoms with E-state index in [2.05, 4.69) is 5.32 Å². The summed E-state index contributed by atoms with van der Waals surface area (Å²) >= 11 is 0. The molecule has 0 bridgehead atoms. The molecule has 17 heavy (non-hydrogen) atoms. The Morgan fingerprint density at radius 3 is 2.59 bits per heavy atom. The number of nitrogens with one attached hydrogen (secondary N) is 1. The van der Waals surface area contributed by atoms with Gasteiger partial charge in [-0.25, -0.2) is 4.39 Å². The summed E-state index contributed by atoms with van der Waals surface area (Å²) in [5.74, 6) is -0.799. The van der Waals surface area contributed by atoms with Crippen LogP contribution in [0.5, 0.6) is 0 Å². The van der Waals surface area contributed by atoms with E-state index in [1.165, 1.54) is 12.1 Å². The lowest BCUT2D eigenvalue weighted by Crippen LogP contribution is -2.22. The Morgan fingerprint density at radius 1 is 1.29 bits per heavy atom. The summed E-state index contributed by atoms with van der Waals surface area (Å²) in [4.78, 5) is 0. The molecule has 1 nitrogen and oxygen atoms in total. The van der Waals surface area contributed by atoms with Crippen molar-refractivity contribution < 1.29 is 17.6 Å². The van der Waals surface area contributed by atoms with Gasteiger partial charge in [0.05, 0.1) is 5.56 Å². The summed E-state index contributed by atoms with van der Waals surface area (Å²) in [6.07, 6.45) is -3.83. The first kappa shape index (κ1) is 11.0. The SMILES string of the molecule is Fc1c(C(F)(F)F)cccc1[C@]12CNC[C@H]1C2. The topological polar surface area (TPSA) is 12.0 Å². The molecule has 5 heteroatoms. The van der Waals surface area contributed by atoms with Crippen molar-refractivity contribution in [3.8, 4) is 0 Å². The number of halogens is 4. The van der Waals surface area contributed by atoms with Crippen LogP contribution in [0.1, 0.15) is 17.5 Å². The predicted octanol–water partition coefficient (Wildman–Crippen LogP) is 2.71. The molecular weight excluding hydrogens is 234 g/mol. The van der Waals surface area contributed by atoms with Crippen LogP contribution in [0.25, 0.3) is 0 Å². The second-order valence-electron chi connectivity index (χ2n) is 4.85. The molecule has 2 atom stereocenters. The van der Waals surface area contributed by atoms with Crippen molar-refractivity contribution in [3.05, 3.63) is 35.1 Å². The van der Waals surface area contributed by atoms with Gasteiger partial charge in [0.1, 0.15) is 5.82 Å². The van der Waals surface area contributed by atoms with E-state index in [0.29, 0.717) is 12.5 Å². The zero-order valence-electron chi connectivity index (χ0n) is 8.94. The molecule has 0 radical (unpaired) electrons. The highest BCUT2D eigenvalue weighted by Gasteiger charge is 2.59. The van der Waals surface area contributed by atoms with Crippen molar-refractivity contribution in [3.63, 3.8) is 0 Å². The fourth-order valence-electron chi connectivity index (χ4n) is 2.89. The highest BCUT2D eigenvalue weighted by Crippen LogP contribution is 2.57. The van der Waals surface area contributed by atoms with Crippen molar-refractivity contribution in [1.82, 2.24) is 5.32 Å². The molecule has 2 fully saturated rings. The Bertz CT molecular complexity index is 468. The van der Waals surface area contributed by atoms with Crippen molar-refractivity contribution in [2.24, 2.45) is 5.92 Å². The molecule has 0 unspecified atom stereocenters. The van der Waals surface area contributed by atoms with Crippen LogP contribution in [-0.4, -0.2) is 13.1 Å². The highest BCUT2D eigenvalue weighted by molar-refractivity contribution is 5.41. The van der Waals surface area contributed by atoms with Crippen LogP contribution in [-0.2, 0) is 11.6 Å². The smallest absolute Gasteiger partial charge is 0.316 e. The first-order valence-electron chi connectivity index (χ1n) is 5.52. The van der Waals surface area contributed by atoms with Crippen LogP contribution in [0.15, 0.2) is 18.2 Å². The molecule has 1 aliphatic heterocycles. The van der Waals surface area contributed by atoms with Crippen molar-refractivity contribution in [2.75, 3.05) is 13.1 Å². The largest absolute Gasteiger partial charge is 0.419 e. The second kappa shape index (κ2) is 3.22. The average molecular weight is 245 g/mol. The van der Waals surface area contributed by atoms with Crippen molar-refractivity contribution in [1.29, 1.82) is 0 Å². The second-order valence-corrected chi connectivity index (χ2v) is 4.85. The molecule has 1 saturated carbocycles. The van der Waals surface area contributed by atoms with E-state index < -0.39 is 17.6 Å². The molecule has 3 rings (SSSR count). The monoisotopic (exact) mass is 245 g/mol. The van der Waals surface area contributed by atoms with Gasteiger partial charge in [0.15, 0.2) is 0 Å². The van der Waals surface area contributed by atoms with E-state index in [1.807, 2.05) is 0 Å². The molecule has 1 saturated heterocycles. The average Bonchev–Trinajstić information content (AvgIpc) is 2.80. The van der Waals surface area contributed by atoms with Gasteiger partial charge < -0.3 is 5.32 Å². The lowest BCUT2D eigenvalue weighted by atomic mass is 9.92. The predicted molar refractivity (Wildman–Crippen MR) is 54.1 cm³/mol. The number of fused-ring (bicyclic) bond motifs is 1. The third-order valence-corrected chi connectivity index (χ3v) is 3.90. The number of benzene rings is 1. The fourth-order valence-corrected chi connectivity index (χ4v) is 2.89. The third-order valence-electron chi connectivity index (χ3n) is 3.90. The summed E-state index contributed by atoms with van der Waals surface area (Å²) in [7, 11) is 0. The van der Waals surface area contributed by atoms with Gasteiger partial charge in [0, 0.05) is 12.0 Å². The van der Waals surface area contributed by atoms with Crippen LogP contribution in [0, 0.1) is 11.7 Å². The number of hydrogen-bond acceptors (Lipinski definition) is 1. The molecule has 1 aromatic rings. The van der Waals surface area contributed by atoms with E-state index in [1.54, 1.807) is 0 Å². The lowest BCUT2D eigenvalue weighted by molar-refractivity contribution is -0.140. The van der Waals surface area contributed by atoms with E-state index in [4.69, 9.17) is 0 Å². The number of rotatable bonds is 1. The van der Waals surface area contributed by atoms with Crippen LogP contribution in [0.2, 0.25) is 0 Å². The third kappa shape index (κ3) is 1.48. The van der Waals surface area contributed by atoms with Crippen molar-refractivity contribution in [2.45, 2.75) is 18.0 Å². The van der Waals surface area contributed by atoms with Crippen LogP contribution in [0.4, 0.5) is 17.6 Å². The minimum atomic E-state index is -4.62. The summed E-state index contributed by atoms with van der Waals surface area (Å²) in [6, 6.07) is 3.58. The molecule has 1 aliphatic carbocycles. The van der Waals surface area contributed by atoms with E-state index in [9.17, 15) is 17.6 Å². The zero-order valence-corrected chi connectivity index (χ0v) is 8.94. The van der Waals surface area contributed by atoms with Gasteiger partial charge >= 0.3 is 6.18 Å². The molecule has 0 aromatic heterocycles. The maximum Gasteiger partial charge on any atom is 0.419 e. The molecule has 92 valence electrons. The Kier molecular flexibility index (Phi) is 2.09. The number of hydrogen-bond donors (Lipinski definition) is 1. The molecule has 0 amide bonds. The van der Waals surface area contributed by atoms with Crippen LogP contribution >= 0.6 is 0 Å². The minimum absolute atomic E-state index is 0.224. The Labute approximate surface area is 95.8 Å². The van der Waals surface area contributed by atoms with Crippen LogP contribution in [0.3, 0.4) is 0 Å². The molecule has 1 N–H and O–H groups in total. The van der Waals surface area contributed by atoms with Crippen LogP contribution < -0.4 is 5.32 Å². The van der Waals surface area contributed by atoms with Gasteiger partial charge in [0.2, 0.25) is 0 Å². The molecular formula is C12H11F4N. The highest BCUT2D eigenvalue weighted by atomic mass is 19.4. The Hall–Kier alpha value is -1.10. The lowest BCUT2D eigenvalue weighted by Gasteiger charge is -2.16. The van der Waals surface area contributed by atoms with Gasteiger partial charge in [-0.05, 0) is 30.5 Å². The first-order valence-corrected chi connectivity index (χ1v) is 5.52. The van der Waals surface area contributed by atoms with Gasteiger partial charge in [-0.15, -0.1) is 0 Å². The molecule has 2 aliphatic rings. The quantitative estimate of drug-likeness (QED) is 0.750. The Balaban J connectivity index is 2.08. The first-order chi connectivity index (χ1) is 7.95. The van der Waals surface area contributed by atoms with E-state index in [0.717, 1.165) is 19.0 Å². The molecule has 0 spiro atoms. The maximum absolute atomic E-state index is 13.9. The normalized spacial score (nSPS) is 31.4. The zero-order chi connectivity index (χ0) is 12.3. The number of piperidine rings is 1. The van der Waals surface area contributed by atoms with Gasteiger partial charge in [0.25, 0.3) is 0 Å². The van der Waals surface area contributed by atoms with Gasteiger partial charge in [-0.2, -0.15) is 13.2 Å². The minimum Gasteiger partial charge on any atom is -0.316 e.